The van der Waals surface area contributed by atoms with E-state index < -0.39 is 0 Å². The molecule has 0 amide bonds. The van der Waals surface area contributed by atoms with Crippen LogP contribution in [0.3, 0.4) is 0 Å². The first-order valence-corrected chi connectivity index (χ1v) is 6.58. The quantitative estimate of drug-likeness (QED) is 0.606. The molecule has 0 saturated heterocycles. The largest absolute Gasteiger partial charge is 0.217 e. The van der Waals surface area contributed by atoms with Gasteiger partial charge in [0, 0.05) is 5.56 Å². The highest BCUT2D eigenvalue weighted by Crippen LogP contribution is 2.34. The third kappa shape index (κ3) is 1.21. The zero-order chi connectivity index (χ0) is 11.4. The lowest BCUT2D eigenvalue weighted by molar-refractivity contribution is 0.817. The molecule has 1 aliphatic rings. The highest BCUT2D eigenvalue weighted by atomic mass is 32.1. The van der Waals surface area contributed by atoms with Crippen LogP contribution in [-0.4, -0.2) is 14.6 Å². The summed E-state index contributed by atoms with van der Waals surface area (Å²) in [6, 6.07) is 8.55. The lowest BCUT2D eigenvalue weighted by Crippen LogP contribution is -2.05. The molecule has 0 saturated carbocycles. The Morgan fingerprint density at radius 2 is 2.12 bits per heavy atom. The smallest absolute Gasteiger partial charge is 0.212 e. The molecule has 84 valence electrons. The predicted octanol–water partition coefficient (Wildman–Crippen LogP) is 2.86. The summed E-state index contributed by atoms with van der Waals surface area (Å²) in [6.45, 7) is 2.03. The Balaban J connectivity index is 2.07. The van der Waals surface area contributed by atoms with Crippen molar-refractivity contribution in [1.82, 2.24) is 14.6 Å². The van der Waals surface area contributed by atoms with Gasteiger partial charge in [-0.3, -0.25) is 0 Å². The molecule has 0 bridgehead atoms. The third-order valence-electron chi connectivity index (χ3n) is 3.30. The van der Waals surface area contributed by atoms with Crippen LogP contribution in [0, 0.1) is 6.92 Å². The molecule has 0 unspecified atom stereocenters. The van der Waals surface area contributed by atoms with E-state index in [2.05, 4.69) is 29.4 Å². The molecule has 4 rings (SSSR count). The molecule has 0 aliphatic heterocycles. The van der Waals surface area contributed by atoms with Crippen molar-refractivity contribution in [1.29, 1.82) is 0 Å². The van der Waals surface area contributed by atoms with E-state index in [4.69, 9.17) is 4.98 Å². The Labute approximate surface area is 103 Å². The van der Waals surface area contributed by atoms with Crippen molar-refractivity contribution < 1.29 is 0 Å². The van der Waals surface area contributed by atoms with Gasteiger partial charge in [0.1, 0.15) is 5.01 Å². The first-order valence-electron chi connectivity index (χ1n) is 5.76. The third-order valence-corrected chi connectivity index (χ3v) is 4.12. The minimum Gasteiger partial charge on any atom is -0.217 e. The average molecular weight is 241 g/mol. The molecular formula is C13H11N3S. The number of fused-ring (bicyclic) bond motifs is 5. The van der Waals surface area contributed by atoms with Crippen LogP contribution in [-0.2, 0) is 12.8 Å². The van der Waals surface area contributed by atoms with E-state index in [9.17, 15) is 0 Å². The topological polar surface area (TPSA) is 30.2 Å². The molecule has 2 heterocycles. The highest BCUT2D eigenvalue weighted by molar-refractivity contribution is 7.16. The van der Waals surface area contributed by atoms with Gasteiger partial charge in [-0.05, 0) is 25.3 Å². The highest BCUT2D eigenvalue weighted by Gasteiger charge is 2.22. The van der Waals surface area contributed by atoms with Crippen molar-refractivity contribution >= 4 is 16.3 Å². The lowest BCUT2D eigenvalue weighted by atomic mass is 9.92. The van der Waals surface area contributed by atoms with Crippen molar-refractivity contribution in [2.24, 2.45) is 0 Å². The van der Waals surface area contributed by atoms with E-state index in [0.717, 1.165) is 28.5 Å². The van der Waals surface area contributed by atoms with Crippen molar-refractivity contribution in [2.45, 2.75) is 19.8 Å². The Morgan fingerprint density at radius 3 is 3.06 bits per heavy atom. The Kier molecular flexibility index (Phi) is 1.74. The first-order chi connectivity index (χ1) is 8.33. The predicted molar refractivity (Wildman–Crippen MR) is 68.4 cm³/mol. The summed E-state index contributed by atoms with van der Waals surface area (Å²) in [4.78, 5) is 5.75. The van der Waals surface area contributed by atoms with Crippen LogP contribution >= 0.6 is 11.3 Å². The molecule has 17 heavy (non-hydrogen) atoms. The van der Waals surface area contributed by atoms with Gasteiger partial charge >= 0.3 is 0 Å². The summed E-state index contributed by atoms with van der Waals surface area (Å²) in [5, 5.41) is 5.61. The van der Waals surface area contributed by atoms with Crippen molar-refractivity contribution in [3.63, 3.8) is 0 Å². The number of hydrogen-bond donors (Lipinski definition) is 0. The van der Waals surface area contributed by atoms with Gasteiger partial charge in [-0.2, -0.15) is 5.10 Å². The number of benzene rings is 1. The molecule has 3 nitrogen and oxygen atoms in total. The maximum Gasteiger partial charge on any atom is 0.212 e. The van der Waals surface area contributed by atoms with Gasteiger partial charge in [-0.1, -0.05) is 35.6 Å². The van der Waals surface area contributed by atoms with Gasteiger partial charge in [-0.25, -0.2) is 9.50 Å². The maximum absolute atomic E-state index is 4.73. The Hall–Kier alpha value is -1.68. The number of imidazole rings is 1. The van der Waals surface area contributed by atoms with Gasteiger partial charge in [0.15, 0.2) is 0 Å². The van der Waals surface area contributed by atoms with Crippen LogP contribution in [0.5, 0.6) is 0 Å². The van der Waals surface area contributed by atoms with Crippen LogP contribution in [0.1, 0.15) is 16.3 Å². The van der Waals surface area contributed by atoms with Gasteiger partial charge in [0.25, 0.3) is 0 Å². The molecule has 0 radical (unpaired) electrons. The van der Waals surface area contributed by atoms with Crippen LogP contribution in [0.2, 0.25) is 0 Å². The molecular weight excluding hydrogens is 230 g/mol. The zero-order valence-corrected chi connectivity index (χ0v) is 10.3. The summed E-state index contributed by atoms with van der Waals surface area (Å²) >= 11 is 1.66. The normalized spacial score (nSPS) is 13.7. The van der Waals surface area contributed by atoms with E-state index in [0.29, 0.717) is 0 Å². The van der Waals surface area contributed by atoms with Gasteiger partial charge in [0.05, 0.1) is 11.4 Å². The van der Waals surface area contributed by atoms with E-state index in [1.165, 1.54) is 16.8 Å². The number of rotatable bonds is 0. The van der Waals surface area contributed by atoms with Gasteiger partial charge in [-0.15, -0.1) is 0 Å². The molecule has 0 atom stereocenters. The van der Waals surface area contributed by atoms with Crippen LogP contribution in [0.15, 0.2) is 24.3 Å². The summed E-state index contributed by atoms with van der Waals surface area (Å²) < 4.78 is 2.02. The second-order valence-corrected chi connectivity index (χ2v) is 5.54. The summed E-state index contributed by atoms with van der Waals surface area (Å²) in [5.74, 6) is 0. The molecule has 0 N–H and O–H groups in total. The minimum atomic E-state index is 1.02. The second kappa shape index (κ2) is 3.17. The number of hydrogen-bond acceptors (Lipinski definition) is 3. The standard InChI is InChI=1S/C13H11N3S/c1-8-15-16-11-7-6-9-4-2-3-5-10(9)12(11)14-13(16)17-8/h2-5H,6-7H2,1H3. The monoisotopic (exact) mass is 241 g/mol. The molecule has 2 aromatic heterocycles. The molecule has 0 fully saturated rings. The Bertz CT molecular complexity index is 723. The number of nitrogens with zero attached hydrogens (tertiary/aromatic N) is 3. The summed E-state index contributed by atoms with van der Waals surface area (Å²) in [6.07, 6.45) is 2.13. The molecule has 1 aliphatic carbocycles. The minimum absolute atomic E-state index is 1.02. The average Bonchev–Trinajstić information content (AvgIpc) is 2.85. The first kappa shape index (κ1) is 9.36. The van der Waals surface area contributed by atoms with Crippen molar-refractivity contribution in [3.05, 3.63) is 40.5 Å². The summed E-state index contributed by atoms with van der Waals surface area (Å²) in [7, 11) is 0. The van der Waals surface area contributed by atoms with E-state index in [1.807, 2.05) is 11.4 Å². The van der Waals surface area contributed by atoms with E-state index in [-0.39, 0.29) is 0 Å². The SMILES string of the molecule is Cc1nn2c3c(nc2s1)-c1ccccc1CC3. The van der Waals surface area contributed by atoms with Gasteiger partial charge in [0.2, 0.25) is 4.96 Å². The molecule has 0 spiro atoms. The van der Waals surface area contributed by atoms with Crippen LogP contribution in [0.25, 0.3) is 16.2 Å². The number of aryl methyl sites for hydroxylation is 3. The number of aromatic nitrogens is 3. The van der Waals surface area contributed by atoms with E-state index >= 15 is 0 Å². The second-order valence-electron chi connectivity index (χ2n) is 4.38. The molecule has 1 aromatic carbocycles. The fourth-order valence-electron chi connectivity index (χ4n) is 2.55. The van der Waals surface area contributed by atoms with Crippen molar-refractivity contribution in [2.75, 3.05) is 0 Å². The molecule has 4 heteroatoms. The summed E-state index contributed by atoms with van der Waals surface area (Å²) in [5.41, 5.74) is 5.08. The van der Waals surface area contributed by atoms with Crippen molar-refractivity contribution in [3.8, 4) is 11.3 Å². The fourth-order valence-corrected chi connectivity index (χ4v) is 3.31. The Morgan fingerprint density at radius 1 is 1.24 bits per heavy atom. The maximum atomic E-state index is 4.73. The van der Waals surface area contributed by atoms with Gasteiger partial charge < -0.3 is 0 Å². The lowest BCUT2D eigenvalue weighted by Gasteiger charge is -2.14. The molecule has 3 aromatic rings. The van der Waals surface area contributed by atoms with E-state index in [1.54, 1.807) is 11.3 Å². The zero-order valence-electron chi connectivity index (χ0n) is 9.47. The van der Waals surface area contributed by atoms with Crippen LogP contribution < -0.4 is 0 Å². The fraction of sp³-hybridized carbons (Fsp3) is 0.231. The van der Waals surface area contributed by atoms with Crippen LogP contribution in [0.4, 0.5) is 0 Å².